The fourth-order valence-corrected chi connectivity index (χ4v) is 3.64. The van der Waals surface area contributed by atoms with Gasteiger partial charge < -0.3 is 9.52 Å². The Hall–Kier alpha value is -4.04. The van der Waals surface area contributed by atoms with Crippen LogP contribution < -0.4 is 10.2 Å². The van der Waals surface area contributed by atoms with Crippen LogP contribution in [0.4, 0.5) is 5.69 Å². The van der Waals surface area contributed by atoms with E-state index in [9.17, 15) is 19.5 Å². The van der Waals surface area contributed by atoms with E-state index in [1.54, 1.807) is 24.3 Å². The number of hydrogen-bond acceptors (Lipinski definition) is 5. The van der Waals surface area contributed by atoms with Crippen molar-refractivity contribution in [1.82, 2.24) is 5.32 Å². The Bertz CT molecular complexity index is 1320. The van der Waals surface area contributed by atoms with Crippen molar-refractivity contribution >= 4 is 46.9 Å². The smallest absolute Gasteiger partial charge is 0.335 e. The lowest BCUT2D eigenvalue weighted by atomic mass is 10.1. The Labute approximate surface area is 189 Å². The summed E-state index contributed by atoms with van der Waals surface area (Å²) in [6.07, 6.45) is 1.35. The first kappa shape index (κ1) is 21.2. The van der Waals surface area contributed by atoms with Gasteiger partial charge in [0.2, 0.25) is 0 Å². The molecule has 2 N–H and O–H groups in total. The molecule has 0 spiro atoms. The summed E-state index contributed by atoms with van der Waals surface area (Å²) in [5, 5.41) is 11.7. The second kappa shape index (κ2) is 8.24. The summed E-state index contributed by atoms with van der Waals surface area (Å²) in [5.74, 6) is -1.54. The standard InChI is InChI=1S/C24H18N2O5S/c1-13-6-7-14(2)19(10-13)26-22(28)18(21(27)25-24(26)32)12-17-8-9-20(31-17)15-4-3-5-16(11-15)23(29)30/h3-12H,1-2H3,(H,29,30)(H,25,27,32)/b18-12-. The molecule has 0 unspecified atom stereocenters. The zero-order chi connectivity index (χ0) is 23.0. The van der Waals surface area contributed by atoms with Gasteiger partial charge in [0.15, 0.2) is 5.11 Å². The van der Waals surface area contributed by atoms with E-state index in [0.717, 1.165) is 11.1 Å². The maximum absolute atomic E-state index is 13.2. The van der Waals surface area contributed by atoms with Crippen molar-refractivity contribution < 1.29 is 23.9 Å². The second-order valence-electron chi connectivity index (χ2n) is 7.34. The highest BCUT2D eigenvalue weighted by atomic mass is 32.1. The number of carbonyl (C=O) groups excluding carboxylic acids is 2. The molecule has 2 heterocycles. The summed E-state index contributed by atoms with van der Waals surface area (Å²) >= 11 is 5.26. The average Bonchev–Trinajstić information content (AvgIpc) is 3.22. The largest absolute Gasteiger partial charge is 0.478 e. The molecule has 1 aromatic heterocycles. The summed E-state index contributed by atoms with van der Waals surface area (Å²) in [7, 11) is 0. The molecule has 1 aliphatic heterocycles. The molecule has 32 heavy (non-hydrogen) atoms. The quantitative estimate of drug-likeness (QED) is 0.356. The van der Waals surface area contributed by atoms with Gasteiger partial charge in [0.05, 0.1) is 11.3 Å². The van der Waals surface area contributed by atoms with Gasteiger partial charge in [-0.2, -0.15) is 0 Å². The van der Waals surface area contributed by atoms with Crippen LogP contribution in [0.1, 0.15) is 27.2 Å². The Morgan fingerprint density at radius 2 is 1.88 bits per heavy atom. The molecule has 0 saturated carbocycles. The molecular formula is C24H18N2O5S. The number of carboxylic acids is 1. The number of hydrogen-bond donors (Lipinski definition) is 2. The lowest BCUT2D eigenvalue weighted by molar-refractivity contribution is -0.122. The maximum atomic E-state index is 13.2. The van der Waals surface area contributed by atoms with Crippen LogP contribution in [0.15, 0.2) is 64.6 Å². The Morgan fingerprint density at radius 1 is 1.09 bits per heavy atom. The summed E-state index contributed by atoms with van der Waals surface area (Å²) in [4.78, 5) is 38.2. The second-order valence-corrected chi connectivity index (χ2v) is 7.72. The first-order chi connectivity index (χ1) is 15.2. The number of nitrogens with zero attached hydrogens (tertiary/aromatic N) is 1. The number of benzene rings is 2. The van der Waals surface area contributed by atoms with Crippen molar-refractivity contribution in [3.8, 4) is 11.3 Å². The minimum absolute atomic E-state index is 0.0106. The SMILES string of the molecule is Cc1ccc(C)c(N2C(=O)/C(=C\c3ccc(-c4cccc(C(=O)O)c4)o3)C(=O)NC2=S)c1. The number of anilines is 1. The molecular weight excluding hydrogens is 428 g/mol. The molecule has 0 aliphatic carbocycles. The van der Waals surface area contributed by atoms with Crippen molar-refractivity contribution in [3.05, 3.63) is 82.6 Å². The lowest BCUT2D eigenvalue weighted by Gasteiger charge is -2.30. The van der Waals surface area contributed by atoms with Crippen LogP contribution in [-0.2, 0) is 9.59 Å². The number of thiocarbonyl (C=S) groups is 1. The number of carbonyl (C=O) groups is 3. The third-order valence-electron chi connectivity index (χ3n) is 5.01. The number of aromatic carboxylic acids is 1. The number of furan rings is 1. The van der Waals surface area contributed by atoms with Gasteiger partial charge in [-0.1, -0.05) is 24.3 Å². The van der Waals surface area contributed by atoms with Gasteiger partial charge in [-0.05, 0) is 73.6 Å². The van der Waals surface area contributed by atoms with E-state index in [0.29, 0.717) is 17.0 Å². The molecule has 1 saturated heterocycles. The van der Waals surface area contributed by atoms with Crippen molar-refractivity contribution in [2.24, 2.45) is 0 Å². The molecule has 2 aromatic carbocycles. The number of aryl methyl sites for hydroxylation is 2. The van der Waals surface area contributed by atoms with E-state index < -0.39 is 17.8 Å². The first-order valence-corrected chi connectivity index (χ1v) is 10.1. The highest BCUT2D eigenvalue weighted by molar-refractivity contribution is 7.80. The van der Waals surface area contributed by atoms with Gasteiger partial charge in [0.1, 0.15) is 17.1 Å². The van der Waals surface area contributed by atoms with E-state index in [2.05, 4.69) is 5.32 Å². The number of carboxylic acid groups (broad SMARTS) is 1. The van der Waals surface area contributed by atoms with Crippen LogP contribution in [-0.4, -0.2) is 28.0 Å². The van der Waals surface area contributed by atoms with Crippen LogP contribution in [0.5, 0.6) is 0 Å². The van der Waals surface area contributed by atoms with Gasteiger partial charge >= 0.3 is 5.97 Å². The third kappa shape index (κ3) is 3.95. The number of rotatable bonds is 4. The molecule has 1 aliphatic rings. The van der Waals surface area contributed by atoms with Crippen LogP contribution in [0.3, 0.4) is 0 Å². The summed E-state index contributed by atoms with van der Waals surface area (Å²) in [6, 6.07) is 15.2. The molecule has 0 bridgehead atoms. The molecule has 0 atom stereocenters. The molecule has 160 valence electrons. The minimum atomic E-state index is -1.05. The monoisotopic (exact) mass is 446 g/mol. The zero-order valence-corrected chi connectivity index (χ0v) is 18.0. The maximum Gasteiger partial charge on any atom is 0.335 e. The van der Waals surface area contributed by atoms with Gasteiger partial charge in [-0.15, -0.1) is 0 Å². The Balaban J connectivity index is 1.69. The topological polar surface area (TPSA) is 99.8 Å². The highest BCUT2D eigenvalue weighted by Gasteiger charge is 2.35. The van der Waals surface area contributed by atoms with E-state index in [-0.39, 0.29) is 22.0 Å². The summed E-state index contributed by atoms with van der Waals surface area (Å²) in [5.41, 5.74) is 2.94. The molecule has 8 heteroatoms. The van der Waals surface area contributed by atoms with Crippen LogP contribution in [0.25, 0.3) is 17.4 Å². The summed E-state index contributed by atoms with van der Waals surface area (Å²) < 4.78 is 5.76. The normalized spacial score (nSPS) is 15.2. The lowest BCUT2D eigenvalue weighted by Crippen LogP contribution is -2.54. The van der Waals surface area contributed by atoms with E-state index >= 15 is 0 Å². The number of amides is 2. The predicted molar refractivity (Wildman–Crippen MR) is 123 cm³/mol. The summed E-state index contributed by atoms with van der Waals surface area (Å²) in [6.45, 7) is 3.76. The van der Waals surface area contributed by atoms with Gasteiger partial charge in [0.25, 0.3) is 11.8 Å². The number of nitrogens with one attached hydrogen (secondary N) is 1. The van der Waals surface area contributed by atoms with Crippen LogP contribution >= 0.6 is 12.2 Å². The van der Waals surface area contributed by atoms with E-state index in [1.165, 1.54) is 23.1 Å². The van der Waals surface area contributed by atoms with Crippen molar-refractivity contribution in [3.63, 3.8) is 0 Å². The first-order valence-electron chi connectivity index (χ1n) is 9.67. The highest BCUT2D eigenvalue weighted by Crippen LogP contribution is 2.28. The third-order valence-corrected chi connectivity index (χ3v) is 5.30. The predicted octanol–water partition coefficient (Wildman–Crippen LogP) is 4.09. The Morgan fingerprint density at radius 3 is 2.62 bits per heavy atom. The van der Waals surface area contributed by atoms with Crippen molar-refractivity contribution in [2.45, 2.75) is 13.8 Å². The van der Waals surface area contributed by atoms with Gasteiger partial charge in [0, 0.05) is 5.56 Å². The van der Waals surface area contributed by atoms with Crippen molar-refractivity contribution in [1.29, 1.82) is 0 Å². The molecule has 0 radical (unpaired) electrons. The fraction of sp³-hybridized carbons (Fsp3) is 0.0833. The fourth-order valence-electron chi connectivity index (χ4n) is 3.37. The van der Waals surface area contributed by atoms with Crippen LogP contribution in [0.2, 0.25) is 0 Å². The minimum Gasteiger partial charge on any atom is -0.478 e. The molecule has 4 rings (SSSR count). The molecule has 3 aromatic rings. The van der Waals surface area contributed by atoms with Gasteiger partial charge in [-0.3, -0.25) is 19.8 Å². The molecule has 2 amide bonds. The molecule has 7 nitrogen and oxygen atoms in total. The van der Waals surface area contributed by atoms with Crippen molar-refractivity contribution in [2.75, 3.05) is 4.90 Å². The van der Waals surface area contributed by atoms with E-state index in [4.69, 9.17) is 16.6 Å². The Kier molecular flexibility index (Phi) is 5.46. The van der Waals surface area contributed by atoms with E-state index in [1.807, 2.05) is 32.0 Å². The van der Waals surface area contributed by atoms with Gasteiger partial charge in [-0.25, -0.2) is 4.79 Å². The van der Waals surface area contributed by atoms with Crippen LogP contribution in [0, 0.1) is 13.8 Å². The average molecular weight is 446 g/mol. The molecule has 1 fully saturated rings. The zero-order valence-electron chi connectivity index (χ0n) is 17.2.